The van der Waals surface area contributed by atoms with Gasteiger partial charge in [0.2, 0.25) is 0 Å². The van der Waals surface area contributed by atoms with Crippen LogP contribution in [0.1, 0.15) is 39.2 Å². The molecule has 1 aromatic carbocycles. The lowest BCUT2D eigenvalue weighted by atomic mass is 10.0. The van der Waals surface area contributed by atoms with E-state index in [0.717, 1.165) is 29.4 Å². The number of carbonyl (C=O) groups is 1. The van der Waals surface area contributed by atoms with E-state index in [0.29, 0.717) is 19.1 Å². The minimum atomic E-state index is -0.444. The Bertz CT molecular complexity index is 759. The number of anilines is 1. The van der Waals surface area contributed by atoms with Crippen LogP contribution in [0.4, 0.5) is 10.5 Å². The lowest BCUT2D eigenvalue weighted by molar-refractivity contribution is 0.0210. The van der Waals surface area contributed by atoms with E-state index in [9.17, 15) is 4.79 Å². The second-order valence-corrected chi connectivity index (χ2v) is 7.72. The lowest BCUT2D eigenvalue weighted by Gasteiger charge is -2.34. The number of hydrogen-bond donors (Lipinski definition) is 1. The summed E-state index contributed by atoms with van der Waals surface area (Å²) in [4.78, 5) is 18.5. The van der Waals surface area contributed by atoms with Crippen LogP contribution < -0.4 is 5.32 Å². The van der Waals surface area contributed by atoms with Crippen LogP contribution >= 0.6 is 0 Å². The number of hydrogen-bond acceptors (Lipinski definition) is 4. The van der Waals surface area contributed by atoms with E-state index in [2.05, 4.69) is 35.4 Å². The van der Waals surface area contributed by atoms with Crippen molar-refractivity contribution >= 4 is 22.7 Å². The molecule has 1 aliphatic heterocycles. The van der Waals surface area contributed by atoms with Crippen LogP contribution in [0.15, 0.2) is 30.5 Å². The fourth-order valence-corrected chi connectivity index (χ4v) is 3.20. The SMILES string of the molecule is Cc1cccc2c(NC3CCN(C(=O)OC(C)(C)C)CC3)ccnc12. The smallest absolute Gasteiger partial charge is 0.410 e. The number of amides is 1. The number of carbonyl (C=O) groups excluding carboxylic acids is 1. The number of benzene rings is 1. The first-order valence-corrected chi connectivity index (χ1v) is 8.92. The van der Waals surface area contributed by atoms with Crippen molar-refractivity contribution in [2.75, 3.05) is 18.4 Å². The van der Waals surface area contributed by atoms with E-state index in [-0.39, 0.29) is 6.09 Å². The van der Waals surface area contributed by atoms with Crippen LogP contribution in [0.2, 0.25) is 0 Å². The van der Waals surface area contributed by atoms with Gasteiger partial charge in [-0.1, -0.05) is 18.2 Å². The molecule has 25 heavy (non-hydrogen) atoms. The molecule has 1 fully saturated rings. The predicted octanol–water partition coefficient (Wildman–Crippen LogP) is 4.35. The first kappa shape index (κ1) is 17.5. The Morgan fingerprint density at radius 2 is 1.96 bits per heavy atom. The zero-order chi connectivity index (χ0) is 18.0. The molecule has 1 aromatic heterocycles. The minimum absolute atomic E-state index is 0.212. The highest BCUT2D eigenvalue weighted by molar-refractivity contribution is 5.92. The van der Waals surface area contributed by atoms with Crippen molar-refractivity contribution in [2.45, 2.75) is 52.2 Å². The standard InChI is InChI=1S/C20H27N3O2/c1-14-6-5-7-16-17(8-11-21-18(14)16)22-15-9-12-23(13-10-15)19(24)25-20(2,3)4/h5-8,11,15H,9-10,12-13H2,1-4H3,(H,21,22). The van der Waals surface area contributed by atoms with Gasteiger partial charge in [0, 0.05) is 36.4 Å². The maximum atomic E-state index is 12.2. The number of rotatable bonds is 2. The number of likely N-dealkylation sites (tertiary alicyclic amines) is 1. The van der Waals surface area contributed by atoms with Gasteiger partial charge in [-0.05, 0) is 52.2 Å². The molecule has 1 saturated heterocycles. The highest BCUT2D eigenvalue weighted by Gasteiger charge is 2.27. The molecule has 0 spiro atoms. The van der Waals surface area contributed by atoms with Crippen LogP contribution in [0.5, 0.6) is 0 Å². The molecule has 3 rings (SSSR count). The van der Waals surface area contributed by atoms with E-state index in [1.54, 1.807) is 4.90 Å². The van der Waals surface area contributed by atoms with Gasteiger partial charge < -0.3 is 15.0 Å². The molecule has 5 heteroatoms. The lowest BCUT2D eigenvalue weighted by Crippen LogP contribution is -2.44. The van der Waals surface area contributed by atoms with Gasteiger partial charge in [-0.3, -0.25) is 4.98 Å². The monoisotopic (exact) mass is 341 g/mol. The Morgan fingerprint density at radius 3 is 2.64 bits per heavy atom. The molecule has 0 radical (unpaired) electrons. The summed E-state index contributed by atoms with van der Waals surface area (Å²) in [5.41, 5.74) is 2.89. The Hall–Kier alpha value is -2.30. The summed E-state index contributed by atoms with van der Waals surface area (Å²) in [7, 11) is 0. The summed E-state index contributed by atoms with van der Waals surface area (Å²) >= 11 is 0. The molecule has 1 aliphatic rings. The second-order valence-electron chi connectivity index (χ2n) is 7.72. The molecule has 1 N–H and O–H groups in total. The van der Waals surface area contributed by atoms with Gasteiger partial charge in [-0.2, -0.15) is 0 Å². The summed E-state index contributed by atoms with van der Waals surface area (Å²) in [6.07, 6.45) is 3.47. The molecular weight excluding hydrogens is 314 g/mol. The molecule has 2 aromatic rings. The van der Waals surface area contributed by atoms with Gasteiger partial charge in [0.15, 0.2) is 0 Å². The zero-order valence-corrected chi connectivity index (χ0v) is 15.5. The molecule has 0 aliphatic carbocycles. The van der Waals surface area contributed by atoms with Crippen molar-refractivity contribution in [2.24, 2.45) is 0 Å². The zero-order valence-electron chi connectivity index (χ0n) is 15.5. The fourth-order valence-electron chi connectivity index (χ4n) is 3.20. The highest BCUT2D eigenvalue weighted by atomic mass is 16.6. The number of fused-ring (bicyclic) bond motifs is 1. The molecule has 0 bridgehead atoms. The van der Waals surface area contributed by atoms with Crippen LogP contribution in [-0.4, -0.2) is 40.7 Å². The summed E-state index contributed by atoms with van der Waals surface area (Å²) in [5.74, 6) is 0. The maximum absolute atomic E-state index is 12.2. The first-order chi connectivity index (χ1) is 11.8. The third-order valence-corrected chi connectivity index (χ3v) is 4.48. The van der Waals surface area contributed by atoms with Crippen LogP contribution in [0.3, 0.4) is 0 Å². The van der Waals surface area contributed by atoms with Gasteiger partial charge in [0.25, 0.3) is 0 Å². The predicted molar refractivity (Wildman–Crippen MR) is 101 cm³/mol. The van der Waals surface area contributed by atoms with Gasteiger partial charge in [-0.15, -0.1) is 0 Å². The largest absolute Gasteiger partial charge is 0.444 e. The second kappa shape index (κ2) is 6.90. The van der Waals surface area contributed by atoms with Crippen LogP contribution in [-0.2, 0) is 4.74 Å². The summed E-state index contributed by atoms with van der Waals surface area (Å²) in [5, 5.41) is 4.79. The van der Waals surface area contributed by atoms with Gasteiger partial charge in [0.05, 0.1) is 5.52 Å². The Labute approximate surface area is 149 Å². The number of piperidine rings is 1. The van der Waals surface area contributed by atoms with Crippen LogP contribution in [0.25, 0.3) is 10.9 Å². The van der Waals surface area contributed by atoms with Crippen molar-refractivity contribution in [1.29, 1.82) is 0 Å². The van der Waals surface area contributed by atoms with Crippen molar-refractivity contribution in [3.05, 3.63) is 36.0 Å². The number of aromatic nitrogens is 1. The fraction of sp³-hybridized carbons (Fsp3) is 0.500. The molecule has 2 heterocycles. The Balaban J connectivity index is 1.63. The number of aryl methyl sites for hydroxylation is 1. The van der Waals surface area contributed by atoms with Crippen molar-refractivity contribution in [3.8, 4) is 0 Å². The average Bonchev–Trinajstić information content (AvgIpc) is 2.55. The molecule has 5 nitrogen and oxygen atoms in total. The summed E-state index contributed by atoms with van der Waals surface area (Å²) in [6, 6.07) is 8.63. The normalized spacial score (nSPS) is 16.1. The minimum Gasteiger partial charge on any atom is -0.444 e. The average molecular weight is 341 g/mol. The van der Waals surface area contributed by atoms with E-state index in [1.807, 2.05) is 33.0 Å². The first-order valence-electron chi connectivity index (χ1n) is 8.92. The van der Waals surface area contributed by atoms with Crippen molar-refractivity contribution in [3.63, 3.8) is 0 Å². The third-order valence-electron chi connectivity index (χ3n) is 4.48. The molecular formula is C20H27N3O2. The van der Waals surface area contributed by atoms with Gasteiger partial charge in [-0.25, -0.2) is 4.79 Å². The molecule has 0 saturated carbocycles. The number of para-hydroxylation sites is 1. The number of ether oxygens (including phenoxy) is 1. The van der Waals surface area contributed by atoms with E-state index in [1.165, 1.54) is 5.56 Å². The Morgan fingerprint density at radius 1 is 1.24 bits per heavy atom. The van der Waals surface area contributed by atoms with E-state index < -0.39 is 5.60 Å². The number of pyridine rings is 1. The summed E-state index contributed by atoms with van der Waals surface area (Å²) in [6.45, 7) is 9.21. The third kappa shape index (κ3) is 4.21. The molecule has 1 amide bonds. The maximum Gasteiger partial charge on any atom is 0.410 e. The molecule has 0 unspecified atom stereocenters. The Kier molecular flexibility index (Phi) is 4.84. The molecule has 134 valence electrons. The van der Waals surface area contributed by atoms with Crippen LogP contribution in [0, 0.1) is 6.92 Å². The highest BCUT2D eigenvalue weighted by Crippen LogP contribution is 2.26. The summed E-state index contributed by atoms with van der Waals surface area (Å²) < 4.78 is 5.46. The topological polar surface area (TPSA) is 54.5 Å². The van der Waals surface area contributed by atoms with Gasteiger partial charge >= 0.3 is 6.09 Å². The number of nitrogens with one attached hydrogen (secondary N) is 1. The van der Waals surface area contributed by atoms with E-state index in [4.69, 9.17) is 4.74 Å². The molecule has 0 atom stereocenters. The van der Waals surface area contributed by atoms with Gasteiger partial charge in [0.1, 0.15) is 5.60 Å². The van der Waals surface area contributed by atoms with Crippen molar-refractivity contribution < 1.29 is 9.53 Å². The number of nitrogens with zero attached hydrogens (tertiary/aromatic N) is 2. The van der Waals surface area contributed by atoms with E-state index >= 15 is 0 Å². The quantitative estimate of drug-likeness (QED) is 0.882. The van der Waals surface area contributed by atoms with Crippen molar-refractivity contribution in [1.82, 2.24) is 9.88 Å².